The molecule has 6 nitrogen and oxygen atoms in total. The van der Waals surface area contributed by atoms with Crippen molar-refractivity contribution in [1.29, 1.82) is 0 Å². The number of aliphatic hydroxyl groups is 1. The summed E-state index contributed by atoms with van der Waals surface area (Å²) in [6, 6.07) is 6.13. The molecule has 4 rings (SSSR count). The number of rotatable bonds is 5. The number of likely N-dealkylation sites (N-methyl/N-ethyl adjacent to an activating group) is 1. The van der Waals surface area contributed by atoms with Crippen molar-refractivity contribution >= 4 is 0 Å². The summed E-state index contributed by atoms with van der Waals surface area (Å²) in [6.45, 7) is 3.57. The van der Waals surface area contributed by atoms with Crippen LogP contribution in [0.15, 0.2) is 35.1 Å². The maximum atomic E-state index is 11.4. The average molecular weight is 356 g/mol. The molecule has 2 atom stereocenters. The molecule has 0 radical (unpaired) electrons. The Kier molecular flexibility index (Phi) is 5.07. The molecule has 0 amide bonds. The molecular weight excluding hydrogens is 328 g/mol. The number of pyridine rings is 1. The van der Waals surface area contributed by atoms with Crippen LogP contribution in [0, 0.1) is 0 Å². The van der Waals surface area contributed by atoms with Crippen LogP contribution in [0.3, 0.4) is 0 Å². The maximum absolute atomic E-state index is 11.4. The van der Waals surface area contributed by atoms with Gasteiger partial charge in [0, 0.05) is 36.6 Å². The number of nitrogens with zero attached hydrogens (tertiary/aromatic N) is 4. The molecule has 0 spiro atoms. The van der Waals surface area contributed by atoms with Gasteiger partial charge < -0.3 is 9.63 Å². The maximum Gasteiger partial charge on any atom is 0.151 e. The van der Waals surface area contributed by atoms with Gasteiger partial charge in [0.05, 0.1) is 12.1 Å². The summed E-state index contributed by atoms with van der Waals surface area (Å²) in [5.41, 5.74) is 1.13. The fourth-order valence-electron chi connectivity index (χ4n) is 4.63. The van der Waals surface area contributed by atoms with Gasteiger partial charge in [-0.15, -0.1) is 0 Å². The Morgan fingerprint density at radius 2 is 2.23 bits per heavy atom. The summed E-state index contributed by atoms with van der Waals surface area (Å²) in [7, 11) is 2.05. The zero-order chi connectivity index (χ0) is 18.0. The highest BCUT2D eigenvalue weighted by Crippen LogP contribution is 2.34. The van der Waals surface area contributed by atoms with Crippen LogP contribution in [0.5, 0.6) is 0 Å². The van der Waals surface area contributed by atoms with Crippen molar-refractivity contribution in [1.82, 2.24) is 19.9 Å². The minimum absolute atomic E-state index is 0.299. The predicted octanol–water partition coefficient (Wildman–Crippen LogP) is 2.55. The molecule has 2 aromatic rings. The highest BCUT2D eigenvalue weighted by molar-refractivity contribution is 5.57. The SMILES string of the molecule is CN(Cc1cc(-c2cccnc2)no1)C[C@]1(O)CCCN2CCCC[C@@H]21. The van der Waals surface area contributed by atoms with Crippen molar-refractivity contribution in [3.63, 3.8) is 0 Å². The summed E-state index contributed by atoms with van der Waals surface area (Å²) >= 11 is 0. The lowest BCUT2D eigenvalue weighted by molar-refractivity contribution is -0.108. The van der Waals surface area contributed by atoms with Crippen LogP contribution < -0.4 is 0 Å². The van der Waals surface area contributed by atoms with Crippen molar-refractivity contribution < 1.29 is 9.63 Å². The van der Waals surface area contributed by atoms with Gasteiger partial charge in [-0.2, -0.15) is 0 Å². The Morgan fingerprint density at radius 3 is 3.08 bits per heavy atom. The topological polar surface area (TPSA) is 65.6 Å². The second-order valence-electron chi connectivity index (χ2n) is 7.85. The lowest BCUT2D eigenvalue weighted by atomic mass is 9.79. The van der Waals surface area contributed by atoms with Crippen molar-refractivity contribution in [2.75, 3.05) is 26.7 Å². The smallest absolute Gasteiger partial charge is 0.151 e. The lowest BCUT2D eigenvalue weighted by Gasteiger charge is -2.50. The Hall–Kier alpha value is -1.76. The number of aromatic nitrogens is 2. The number of hydrogen-bond donors (Lipinski definition) is 1. The van der Waals surface area contributed by atoms with Gasteiger partial charge in [0.15, 0.2) is 5.76 Å². The molecule has 0 bridgehead atoms. The Morgan fingerprint density at radius 1 is 1.35 bits per heavy atom. The highest BCUT2D eigenvalue weighted by Gasteiger charge is 2.44. The van der Waals surface area contributed by atoms with Gasteiger partial charge in [-0.25, -0.2) is 0 Å². The van der Waals surface area contributed by atoms with Gasteiger partial charge in [-0.05, 0) is 58.0 Å². The van der Waals surface area contributed by atoms with Crippen LogP contribution in [0.1, 0.15) is 37.9 Å². The first-order valence-corrected chi connectivity index (χ1v) is 9.65. The summed E-state index contributed by atoms with van der Waals surface area (Å²) in [4.78, 5) is 8.78. The van der Waals surface area contributed by atoms with Gasteiger partial charge in [0.1, 0.15) is 5.69 Å². The Bertz CT molecular complexity index is 718. The predicted molar refractivity (Wildman–Crippen MR) is 99.5 cm³/mol. The van der Waals surface area contributed by atoms with E-state index < -0.39 is 5.60 Å². The van der Waals surface area contributed by atoms with E-state index in [0.717, 1.165) is 49.4 Å². The first-order chi connectivity index (χ1) is 12.6. The molecule has 140 valence electrons. The zero-order valence-corrected chi connectivity index (χ0v) is 15.5. The van der Waals surface area contributed by atoms with Crippen molar-refractivity contribution in [2.24, 2.45) is 0 Å². The molecule has 2 saturated heterocycles. The van der Waals surface area contributed by atoms with E-state index in [1.54, 1.807) is 12.4 Å². The normalized spacial score (nSPS) is 26.8. The standard InChI is InChI=1S/C20H28N4O2/c1-23(14-17-12-18(22-26-17)16-6-4-9-21-13-16)15-20(25)8-5-11-24-10-3-2-7-19(20)24/h4,6,9,12-13,19,25H,2-3,5,7-8,10-11,14-15H2,1H3/t19-,20-/m1/s1. The fourth-order valence-corrected chi connectivity index (χ4v) is 4.63. The molecule has 26 heavy (non-hydrogen) atoms. The van der Waals surface area contributed by atoms with Gasteiger partial charge in [0.25, 0.3) is 0 Å². The van der Waals surface area contributed by atoms with Crippen molar-refractivity contribution in [3.8, 4) is 11.3 Å². The third kappa shape index (κ3) is 3.68. The quantitative estimate of drug-likeness (QED) is 0.888. The first kappa shape index (κ1) is 17.6. The summed E-state index contributed by atoms with van der Waals surface area (Å²) in [5.74, 6) is 0.811. The average Bonchev–Trinajstić information content (AvgIpc) is 3.11. The number of fused-ring (bicyclic) bond motifs is 1. The first-order valence-electron chi connectivity index (χ1n) is 9.65. The van der Waals surface area contributed by atoms with E-state index in [9.17, 15) is 5.11 Å². The van der Waals surface area contributed by atoms with Crippen molar-refractivity contribution in [3.05, 3.63) is 36.4 Å². The molecule has 4 heterocycles. The lowest BCUT2D eigenvalue weighted by Crippen LogP contribution is -2.62. The monoisotopic (exact) mass is 356 g/mol. The minimum atomic E-state index is -0.625. The Balaban J connectivity index is 1.40. The second kappa shape index (κ2) is 7.47. The Labute approximate surface area is 154 Å². The van der Waals surface area contributed by atoms with Crippen LogP contribution in [-0.2, 0) is 6.54 Å². The molecule has 2 aliphatic rings. The van der Waals surface area contributed by atoms with Gasteiger partial charge in [-0.3, -0.25) is 14.8 Å². The molecule has 2 aromatic heterocycles. The van der Waals surface area contributed by atoms with Gasteiger partial charge in [0.2, 0.25) is 0 Å². The van der Waals surface area contributed by atoms with E-state index in [0.29, 0.717) is 19.1 Å². The summed E-state index contributed by atoms with van der Waals surface area (Å²) in [5, 5.41) is 15.5. The number of hydrogen-bond acceptors (Lipinski definition) is 6. The van der Waals surface area contributed by atoms with Crippen LogP contribution >= 0.6 is 0 Å². The van der Waals surface area contributed by atoms with E-state index in [1.165, 1.54) is 12.8 Å². The summed E-state index contributed by atoms with van der Waals surface area (Å²) in [6.07, 6.45) is 9.09. The second-order valence-corrected chi connectivity index (χ2v) is 7.85. The van der Waals surface area contributed by atoms with Crippen LogP contribution in [0.2, 0.25) is 0 Å². The third-order valence-electron chi connectivity index (χ3n) is 5.77. The molecule has 2 fully saturated rings. The van der Waals surface area contributed by atoms with Gasteiger partial charge >= 0.3 is 0 Å². The fraction of sp³-hybridized carbons (Fsp3) is 0.600. The van der Waals surface area contributed by atoms with Crippen LogP contribution in [0.25, 0.3) is 11.3 Å². The van der Waals surface area contributed by atoms with Crippen LogP contribution in [0.4, 0.5) is 0 Å². The molecule has 0 saturated carbocycles. The summed E-state index contributed by atoms with van der Waals surface area (Å²) < 4.78 is 5.51. The highest BCUT2D eigenvalue weighted by atomic mass is 16.5. The minimum Gasteiger partial charge on any atom is -0.387 e. The molecule has 0 aliphatic carbocycles. The van der Waals surface area contributed by atoms with E-state index in [2.05, 4.69) is 19.9 Å². The molecule has 1 N–H and O–H groups in total. The molecule has 2 aliphatic heterocycles. The van der Waals surface area contributed by atoms with E-state index in [1.807, 2.05) is 25.2 Å². The molecule has 6 heteroatoms. The largest absolute Gasteiger partial charge is 0.387 e. The number of piperidine rings is 2. The molecule has 0 unspecified atom stereocenters. The third-order valence-corrected chi connectivity index (χ3v) is 5.77. The van der Waals surface area contributed by atoms with Crippen LogP contribution in [-0.4, -0.2) is 63.4 Å². The van der Waals surface area contributed by atoms with E-state index in [-0.39, 0.29) is 0 Å². The molecular formula is C20H28N4O2. The van der Waals surface area contributed by atoms with Crippen molar-refractivity contribution in [2.45, 2.75) is 50.3 Å². The van der Waals surface area contributed by atoms with E-state index in [4.69, 9.17) is 4.52 Å². The molecule has 0 aromatic carbocycles. The van der Waals surface area contributed by atoms with Gasteiger partial charge in [-0.1, -0.05) is 11.6 Å². The zero-order valence-electron chi connectivity index (χ0n) is 15.5. The van der Waals surface area contributed by atoms with E-state index >= 15 is 0 Å².